The third-order valence-electron chi connectivity index (χ3n) is 3.11. The highest BCUT2D eigenvalue weighted by Gasteiger charge is 2.06. The fourth-order valence-electron chi connectivity index (χ4n) is 1.83. The quantitative estimate of drug-likeness (QED) is 0.685. The Kier molecular flexibility index (Phi) is 7.75. The van der Waals surface area contributed by atoms with Crippen molar-refractivity contribution < 1.29 is 4.79 Å². The molecule has 0 unspecified atom stereocenters. The number of aromatic nitrogens is 1. The van der Waals surface area contributed by atoms with E-state index in [2.05, 4.69) is 48.5 Å². The molecule has 21 heavy (non-hydrogen) atoms. The minimum atomic E-state index is -0.102. The fourth-order valence-corrected chi connectivity index (χ4v) is 1.83. The van der Waals surface area contributed by atoms with Crippen LogP contribution in [0, 0.1) is 5.92 Å². The second-order valence-corrected chi connectivity index (χ2v) is 5.95. The highest BCUT2D eigenvalue weighted by molar-refractivity contribution is 5.92. The molecule has 0 bridgehead atoms. The van der Waals surface area contributed by atoms with Crippen molar-refractivity contribution in [1.29, 1.82) is 0 Å². The smallest absolute Gasteiger partial charge is 0.269 e. The summed E-state index contributed by atoms with van der Waals surface area (Å²) >= 11 is 0. The third kappa shape index (κ3) is 7.66. The molecule has 1 aromatic heterocycles. The molecule has 0 aliphatic heterocycles. The Balaban J connectivity index is 2.34. The van der Waals surface area contributed by atoms with Gasteiger partial charge in [0.15, 0.2) is 0 Å². The lowest BCUT2D eigenvalue weighted by molar-refractivity contribution is 0.0947. The Labute approximate surface area is 128 Å². The molecule has 2 N–H and O–H groups in total. The lowest BCUT2D eigenvalue weighted by Gasteiger charge is -2.11. The van der Waals surface area contributed by atoms with Crippen molar-refractivity contribution in [3.05, 3.63) is 24.0 Å². The van der Waals surface area contributed by atoms with Gasteiger partial charge in [-0.05, 0) is 51.5 Å². The topological polar surface area (TPSA) is 57.3 Å². The van der Waals surface area contributed by atoms with Gasteiger partial charge in [-0.25, -0.2) is 4.98 Å². The summed E-state index contributed by atoms with van der Waals surface area (Å²) in [5.41, 5.74) is 1.42. The van der Waals surface area contributed by atoms with Crippen LogP contribution in [0.3, 0.4) is 0 Å². The predicted molar refractivity (Wildman–Crippen MR) is 87.7 cm³/mol. The van der Waals surface area contributed by atoms with Gasteiger partial charge in [-0.3, -0.25) is 4.79 Å². The monoisotopic (exact) mass is 292 g/mol. The predicted octanol–water partition coefficient (Wildman–Crippen LogP) is 2.22. The van der Waals surface area contributed by atoms with Crippen LogP contribution in [-0.4, -0.2) is 49.5 Å². The molecule has 1 aromatic rings. The van der Waals surface area contributed by atoms with Gasteiger partial charge in [0.25, 0.3) is 5.91 Å². The highest BCUT2D eigenvalue weighted by Crippen LogP contribution is 2.06. The van der Waals surface area contributed by atoms with Crippen molar-refractivity contribution in [2.24, 2.45) is 5.92 Å². The first-order valence-electron chi connectivity index (χ1n) is 7.62. The highest BCUT2D eigenvalue weighted by atomic mass is 16.1. The number of nitrogens with one attached hydrogen (secondary N) is 2. The van der Waals surface area contributed by atoms with Gasteiger partial charge >= 0.3 is 0 Å². The van der Waals surface area contributed by atoms with Gasteiger partial charge < -0.3 is 15.5 Å². The first-order chi connectivity index (χ1) is 9.99. The van der Waals surface area contributed by atoms with Crippen LogP contribution < -0.4 is 10.6 Å². The van der Waals surface area contributed by atoms with E-state index in [0.29, 0.717) is 18.2 Å². The van der Waals surface area contributed by atoms with Crippen LogP contribution in [-0.2, 0) is 0 Å². The number of carbonyl (C=O) groups excluding carboxylic acids is 1. The minimum Gasteiger partial charge on any atom is -0.384 e. The molecule has 118 valence electrons. The Hall–Kier alpha value is -1.62. The molecule has 0 aliphatic carbocycles. The summed E-state index contributed by atoms with van der Waals surface area (Å²) in [5, 5.41) is 6.19. The van der Waals surface area contributed by atoms with E-state index in [-0.39, 0.29) is 5.91 Å². The molecule has 5 nitrogen and oxygen atoms in total. The lowest BCUT2D eigenvalue weighted by Crippen LogP contribution is -2.26. The van der Waals surface area contributed by atoms with Crippen molar-refractivity contribution >= 4 is 11.6 Å². The van der Waals surface area contributed by atoms with Crippen molar-refractivity contribution in [3.63, 3.8) is 0 Å². The average Bonchev–Trinajstić information content (AvgIpc) is 2.43. The maximum absolute atomic E-state index is 11.9. The summed E-state index contributed by atoms with van der Waals surface area (Å²) in [6, 6.07) is 3.67. The standard InChI is InChI=1S/C16H28N4O/c1-13(2)8-10-18-16(21)15-7-6-14(12-19-15)17-9-5-11-20(3)4/h6-7,12-13,17H,5,8-11H2,1-4H3,(H,18,21). The van der Waals surface area contributed by atoms with Crippen molar-refractivity contribution in [2.75, 3.05) is 39.0 Å². The maximum Gasteiger partial charge on any atom is 0.269 e. The number of hydrogen-bond acceptors (Lipinski definition) is 4. The SMILES string of the molecule is CC(C)CCNC(=O)c1ccc(NCCCN(C)C)cn1. The van der Waals surface area contributed by atoms with Crippen LogP contribution in [0.25, 0.3) is 0 Å². The molecule has 5 heteroatoms. The van der Waals surface area contributed by atoms with Crippen LogP contribution >= 0.6 is 0 Å². The molecule has 0 fully saturated rings. The molecule has 0 aromatic carbocycles. The maximum atomic E-state index is 11.9. The van der Waals surface area contributed by atoms with Gasteiger partial charge in [0.05, 0.1) is 11.9 Å². The first-order valence-corrected chi connectivity index (χ1v) is 7.62. The summed E-state index contributed by atoms with van der Waals surface area (Å²) < 4.78 is 0. The number of rotatable bonds is 9. The number of amides is 1. The second kappa shape index (κ2) is 9.34. The Morgan fingerprint density at radius 1 is 1.29 bits per heavy atom. The van der Waals surface area contributed by atoms with Crippen molar-refractivity contribution in [2.45, 2.75) is 26.7 Å². The second-order valence-electron chi connectivity index (χ2n) is 5.95. The molecule has 0 aliphatic rings. The number of anilines is 1. The normalized spacial score (nSPS) is 11.0. The van der Waals surface area contributed by atoms with E-state index in [1.807, 2.05) is 6.07 Å². The van der Waals surface area contributed by atoms with Gasteiger partial charge in [-0.15, -0.1) is 0 Å². The number of nitrogens with zero attached hydrogens (tertiary/aromatic N) is 2. The fraction of sp³-hybridized carbons (Fsp3) is 0.625. The van der Waals surface area contributed by atoms with Crippen LogP contribution in [0.2, 0.25) is 0 Å². The molecule has 0 atom stereocenters. The van der Waals surface area contributed by atoms with E-state index >= 15 is 0 Å². The van der Waals surface area contributed by atoms with Crippen LogP contribution in [0.4, 0.5) is 5.69 Å². The largest absolute Gasteiger partial charge is 0.384 e. The molecule has 1 rings (SSSR count). The third-order valence-corrected chi connectivity index (χ3v) is 3.11. The van der Waals surface area contributed by atoms with E-state index in [4.69, 9.17) is 0 Å². The molecular formula is C16H28N4O. The van der Waals surface area contributed by atoms with E-state index in [9.17, 15) is 4.79 Å². The summed E-state index contributed by atoms with van der Waals surface area (Å²) in [6.45, 7) is 6.93. The van der Waals surface area contributed by atoms with Crippen molar-refractivity contribution in [1.82, 2.24) is 15.2 Å². The zero-order valence-corrected chi connectivity index (χ0v) is 13.6. The first kappa shape index (κ1) is 17.4. The molecule has 1 heterocycles. The number of carbonyl (C=O) groups is 1. The van der Waals surface area contributed by atoms with Crippen LogP contribution in [0.1, 0.15) is 37.2 Å². The van der Waals surface area contributed by atoms with E-state index in [1.165, 1.54) is 0 Å². The van der Waals surface area contributed by atoms with Gasteiger partial charge in [0.2, 0.25) is 0 Å². The van der Waals surface area contributed by atoms with Gasteiger partial charge in [0.1, 0.15) is 5.69 Å². The summed E-state index contributed by atoms with van der Waals surface area (Å²) in [5.74, 6) is 0.488. The number of pyridine rings is 1. The van der Waals surface area contributed by atoms with E-state index in [0.717, 1.165) is 31.6 Å². The zero-order chi connectivity index (χ0) is 15.7. The van der Waals surface area contributed by atoms with E-state index < -0.39 is 0 Å². The lowest BCUT2D eigenvalue weighted by atomic mass is 10.1. The Morgan fingerprint density at radius 3 is 2.62 bits per heavy atom. The molecule has 0 saturated carbocycles. The molecule has 0 spiro atoms. The van der Waals surface area contributed by atoms with Gasteiger partial charge in [-0.1, -0.05) is 13.8 Å². The van der Waals surface area contributed by atoms with Crippen molar-refractivity contribution in [3.8, 4) is 0 Å². The summed E-state index contributed by atoms with van der Waals surface area (Å²) in [7, 11) is 4.13. The molecular weight excluding hydrogens is 264 g/mol. The number of hydrogen-bond donors (Lipinski definition) is 2. The molecule has 0 radical (unpaired) electrons. The van der Waals surface area contributed by atoms with Gasteiger partial charge in [0, 0.05) is 13.1 Å². The molecule has 0 saturated heterocycles. The Bertz CT molecular complexity index is 415. The summed E-state index contributed by atoms with van der Waals surface area (Å²) in [6.07, 6.45) is 3.77. The summed E-state index contributed by atoms with van der Waals surface area (Å²) in [4.78, 5) is 18.2. The van der Waals surface area contributed by atoms with Gasteiger partial charge in [-0.2, -0.15) is 0 Å². The van der Waals surface area contributed by atoms with Crippen LogP contribution in [0.15, 0.2) is 18.3 Å². The average molecular weight is 292 g/mol. The Morgan fingerprint density at radius 2 is 2.05 bits per heavy atom. The minimum absolute atomic E-state index is 0.102. The van der Waals surface area contributed by atoms with Crippen LogP contribution in [0.5, 0.6) is 0 Å². The van der Waals surface area contributed by atoms with E-state index in [1.54, 1.807) is 12.3 Å². The zero-order valence-electron chi connectivity index (χ0n) is 13.6. The molecule has 1 amide bonds.